The molecule has 6 heterocycles. The van der Waals surface area contributed by atoms with Crippen LogP contribution in [-0.4, -0.2) is 29.1 Å². The van der Waals surface area contributed by atoms with Gasteiger partial charge in [-0.3, -0.25) is 9.13 Å². The molecule has 6 aromatic heterocycles. The average molecular weight is 1070 g/mol. The number of thiophene rings is 1. The van der Waals surface area contributed by atoms with E-state index in [0.717, 1.165) is 81.2 Å². The Morgan fingerprint density at radius 2 is 0.915 bits per heavy atom. The van der Waals surface area contributed by atoms with Crippen molar-refractivity contribution in [3.8, 4) is 40.5 Å². The molecule has 0 unspecified atom stereocenters. The molecule has 18 aromatic rings. The number of nitriles is 1. The van der Waals surface area contributed by atoms with Crippen molar-refractivity contribution in [2.45, 2.75) is 0 Å². The quantitative estimate of drug-likeness (QED) is 0.174. The van der Waals surface area contributed by atoms with Crippen LogP contribution in [0.15, 0.2) is 253 Å². The highest BCUT2D eigenvalue weighted by Crippen LogP contribution is 2.44. The average Bonchev–Trinajstić information content (AvgIpc) is 1.62. The Labute approximate surface area is 478 Å². The lowest BCUT2D eigenvalue weighted by Gasteiger charge is -2.11. The molecule has 0 saturated heterocycles. The first-order chi connectivity index (χ1) is 42.6. The highest BCUT2D eigenvalue weighted by atomic mass is 32.1. The monoisotopic (exact) mass is 1070 g/mol. The number of hydrogen-bond acceptors (Lipinski definition) is 7. The molecule has 0 saturated carbocycles. The van der Waals surface area contributed by atoms with E-state index in [4.69, 9.17) is 31.2 Å². The summed E-state index contributed by atoms with van der Waals surface area (Å²) in [7, 11) is 0. The van der Waals surface area contributed by atoms with Crippen molar-refractivity contribution in [3.63, 3.8) is 0 Å². The van der Waals surface area contributed by atoms with Crippen molar-refractivity contribution in [1.82, 2.24) is 29.1 Å². The first-order valence-electron chi connectivity index (χ1n) is 29.3. The zero-order valence-electron chi connectivity index (χ0n) is 48.2. The van der Waals surface area contributed by atoms with Gasteiger partial charge in [-0.1, -0.05) is 182 Å². The van der Waals surface area contributed by atoms with Crippen LogP contribution in [0.3, 0.4) is 0 Å². The number of rotatable bonds is 4. The second-order valence-electron chi connectivity index (χ2n) is 20.5. The predicted molar refractivity (Wildman–Crippen MR) is 339 cm³/mol. The third-order valence-electron chi connectivity index (χ3n) is 15.9. The molecular weight excluding hydrogens is 1020 g/mol. The largest absolute Gasteiger partial charge is 0.437 e. The summed E-state index contributed by atoms with van der Waals surface area (Å²) in [4.78, 5) is 21.5. The van der Waals surface area contributed by atoms with Gasteiger partial charge in [0.25, 0.3) is 0 Å². The smallest absolute Gasteiger partial charge is 0.238 e. The number of aromatic nitrogens is 6. The molecule has 0 aliphatic rings. The van der Waals surface area contributed by atoms with Gasteiger partial charge in [0.2, 0.25) is 17.6 Å². The standard InChI is InChI=1S/C37H20N4S.C36H21N3O/c38-21-22-13-15-23(16-14-22)35-34-28-11-5-6-12-33(28)42-36(34)40-37(39-35)41-31-19-26-9-3-1-7-24(26)17-29(31)30-18-25-8-2-4-10-27(25)20-32(30)41;1-2-11-23(12-3-1)34-33-27-16-8-9-17-31(27)40-35(33)38-36(37-34)39-29-19-18-22-10-6-7-15-26(22)32(29)28-20-24-13-4-5-14-25(24)21-30(28)39/h1-20H;1-21H/i;1D,2D,3D,11D,12D. The van der Waals surface area contributed by atoms with Crippen LogP contribution in [0.5, 0.6) is 0 Å². The van der Waals surface area contributed by atoms with Crippen molar-refractivity contribution in [1.29, 1.82) is 5.26 Å². The highest BCUT2D eigenvalue weighted by Gasteiger charge is 2.24. The Morgan fingerprint density at radius 3 is 1.56 bits per heavy atom. The Balaban J connectivity index is 0.000000136. The molecule has 8 nitrogen and oxygen atoms in total. The molecule has 0 fully saturated rings. The normalized spacial score (nSPS) is 12.7. The van der Waals surface area contributed by atoms with Crippen LogP contribution in [0.1, 0.15) is 12.4 Å². The molecule has 0 aliphatic carbocycles. The lowest BCUT2D eigenvalue weighted by molar-refractivity contribution is 0.651. The van der Waals surface area contributed by atoms with Crippen molar-refractivity contribution < 1.29 is 11.3 Å². The molecule has 0 amide bonds. The Bertz CT molecular complexity index is 5940. The van der Waals surface area contributed by atoms with Gasteiger partial charge in [-0.05, 0) is 110 Å². The van der Waals surface area contributed by atoms with Gasteiger partial charge in [-0.15, -0.1) is 11.3 Å². The molecule has 9 heteroatoms. The molecule has 0 spiro atoms. The number of fused-ring (bicyclic) bond motifs is 17. The van der Waals surface area contributed by atoms with Crippen LogP contribution in [0, 0.1) is 11.3 Å². The molecule has 0 radical (unpaired) electrons. The van der Waals surface area contributed by atoms with Gasteiger partial charge < -0.3 is 4.42 Å². The van der Waals surface area contributed by atoms with Gasteiger partial charge in [0.1, 0.15) is 10.4 Å². The van der Waals surface area contributed by atoms with Crippen LogP contribution in [-0.2, 0) is 0 Å². The van der Waals surface area contributed by atoms with E-state index < -0.39 is 18.1 Å². The molecule has 380 valence electrons. The van der Waals surface area contributed by atoms with E-state index >= 15 is 0 Å². The number of benzene rings is 12. The summed E-state index contributed by atoms with van der Waals surface area (Å²) < 4.78 is 54.3. The Kier molecular flexibility index (Phi) is 9.01. The van der Waals surface area contributed by atoms with E-state index in [-0.39, 0.29) is 35.0 Å². The van der Waals surface area contributed by atoms with Crippen LogP contribution in [0.25, 0.3) is 163 Å². The van der Waals surface area contributed by atoms with Crippen LogP contribution >= 0.6 is 11.3 Å². The van der Waals surface area contributed by atoms with E-state index in [1.165, 1.54) is 37.0 Å². The molecule has 0 atom stereocenters. The van der Waals surface area contributed by atoms with E-state index in [2.05, 4.69) is 156 Å². The number of furan rings is 1. The van der Waals surface area contributed by atoms with Crippen molar-refractivity contribution in [2.24, 2.45) is 0 Å². The number of para-hydroxylation sites is 1. The van der Waals surface area contributed by atoms with Crippen molar-refractivity contribution in [3.05, 3.63) is 254 Å². The van der Waals surface area contributed by atoms with Crippen molar-refractivity contribution in [2.75, 3.05) is 0 Å². The summed E-state index contributed by atoms with van der Waals surface area (Å²) in [5.41, 5.74) is 7.40. The van der Waals surface area contributed by atoms with E-state index in [0.29, 0.717) is 27.9 Å². The van der Waals surface area contributed by atoms with Crippen LogP contribution in [0.4, 0.5) is 0 Å². The maximum absolute atomic E-state index is 9.42. The maximum atomic E-state index is 9.42. The van der Waals surface area contributed by atoms with Crippen LogP contribution in [0.2, 0.25) is 0 Å². The summed E-state index contributed by atoms with van der Waals surface area (Å²) in [6, 6.07) is 74.7. The van der Waals surface area contributed by atoms with Gasteiger partial charge in [-0.2, -0.15) is 10.2 Å². The maximum Gasteiger partial charge on any atom is 0.238 e. The van der Waals surface area contributed by atoms with E-state index in [9.17, 15) is 5.26 Å². The second-order valence-corrected chi connectivity index (χ2v) is 21.5. The third kappa shape index (κ3) is 7.09. The Morgan fingerprint density at radius 1 is 0.402 bits per heavy atom. The minimum atomic E-state index is -0.461. The fourth-order valence-electron chi connectivity index (χ4n) is 12.2. The molecule has 12 aromatic carbocycles. The predicted octanol–water partition coefficient (Wildman–Crippen LogP) is 19.2. The van der Waals surface area contributed by atoms with Gasteiger partial charge in [0, 0.05) is 53.5 Å². The third-order valence-corrected chi connectivity index (χ3v) is 17.0. The van der Waals surface area contributed by atoms with Gasteiger partial charge in [0.05, 0.1) is 57.3 Å². The van der Waals surface area contributed by atoms with Crippen LogP contribution < -0.4 is 0 Å². The summed E-state index contributed by atoms with van der Waals surface area (Å²) in [6.45, 7) is 0. The van der Waals surface area contributed by atoms with E-state index in [1.54, 1.807) is 11.3 Å². The summed E-state index contributed by atoms with van der Waals surface area (Å²) >= 11 is 1.69. The lowest BCUT2D eigenvalue weighted by Crippen LogP contribution is -2.02. The fraction of sp³-hybridized carbons (Fsp3) is 0. The summed E-state index contributed by atoms with van der Waals surface area (Å²) in [5, 5.41) is 26.3. The van der Waals surface area contributed by atoms with Gasteiger partial charge in [0.15, 0.2) is 0 Å². The summed E-state index contributed by atoms with van der Waals surface area (Å²) in [6.07, 6.45) is 0. The minimum absolute atomic E-state index is 0.00197. The SMILES string of the molecule is N#Cc1ccc(-c2nc(-n3c4cc5ccccc5cc4c4cc5ccccc5cc43)nc3sc4ccccc4c23)cc1.[2H]c1c([2H])c([2H])c(-c2nc(-n3c4cc5ccccc5cc4c4c5ccccc5ccc43)nc3oc4ccccc4c23)c([2H])c1[2H]. The van der Waals surface area contributed by atoms with E-state index in [1.807, 2.05) is 77.4 Å². The Hall–Kier alpha value is -11.1. The summed E-state index contributed by atoms with van der Waals surface area (Å²) in [5.74, 6) is 0.910. The van der Waals surface area contributed by atoms with Crippen molar-refractivity contribution >= 4 is 140 Å². The fourth-order valence-corrected chi connectivity index (χ4v) is 13.2. The molecule has 82 heavy (non-hydrogen) atoms. The van der Waals surface area contributed by atoms with Gasteiger partial charge >= 0.3 is 0 Å². The zero-order valence-corrected chi connectivity index (χ0v) is 44.0. The number of nitrogens with zero attached hydrogens (tertiary/aromatic N) is 7. The second kappa shape index (κ2) is 18.0. The number of hydrogen-bond donors (Lipinski definition) is 0. The zero-order chi connectivity index (χ0) is 58.3. The molecule has 0 bridgehead atoms. The topological polar surface area (TPSA) is 98.3 Å². The first-order valence-corrected chi connectivity index (χ1v) is 27.6. The molecule has 0 N–H and O–H groups in total. The first kappa shape index (κ1) is 41.1. The lowest BCUT2D eigenvalue weighted by atomic mass is 10.0. The minimum Gasteiger partial charge on any atom is -0.437 e. The van der Waals surface area contributed by atoms with Gasteiger partial charge in [-0.25, -0.2) is 15.0 Å². The molecular formula is C73H41N7OS. The molecule has 0 aliphatic heterocycles. The molecule has 18 rings (SSSR count). The highest BCUT2D eigenvalue weighted by molar-refractivity contribution is 7.25.